The highest BCUT2D eigenvalue weighted by atomic mass is 16.7. The summed E-state index contributed by atoms with van der Waals surface area (Å²) in [4.78, 5) is 42.6. The van der Waals surface area contributed by atoms with Crippen LogP contribution in [0.1, 0.15) is 59.2 Å². The number of hydrogen-bond donors (Lipinski definition) is 1. The summed E-state index contributed by atoms with van der Waals surface area (Å²) >= 11 is 0. The smallest absolute Gasteiger partial charge is 0.261 e. The van der Waals surface area contributed by atoms with Crippen LogP contribution in [0.2, 0.25) is 0 Å². The van der Waals surface area contributed by atoms with Crippen LogP contribution in [-0.2, 0) is 9.63 Å². The van der Waals surface area contributed by atoms with Gasteiger partial charge in [-0.25, -0.2) is 5.48 Å². The van der Waals surface area contributed by atoms with Crippen LogP contribution in [0.5, 0.6) is 0 Å². The first-order chi connectivity index (χ1) is 11.2. The van der Waals surface area contributed by atoms with Crippen molar-refractivity contribution >= 4 is 17.7 Å². The van der Waals surface area contributed by atoms with Gasteiger partial charge in [0.15, 0.2) is 0 Å². The van der Waals surface area contributed by atoms with Gasteiger partial charge in [-0.3, -0.25) is 24.1 Å². The molecule has 0 saturated heterocycles. The fourth-order valence-electron chi connectivity index (χ4n) is 3.05. The predicted octanol–water partition coefficient (Wildman–Crippen LogP) is 2.05. The zero-order chi connectivity index (χ0) is 16.2. The molecule has 0 spiro atoms. The molecule has 3 rings (SSSR count). The number of carbonyl (C=O) groups excluding carboxylic acids is 3. The lowest BCUT2D eigenvalue weighted by Crippen LogP contribution is -2.32. The number of nitrogens with one attached hydrogen (secondary N) is 1. The molecule has 1 N–H and O–H groups in total. The average molecular weight is 316 g/mol. The minimum atomic E-state index is -0.284. The number of nitrogens with zero attached hydrogens (tertiary/aromatic N) is 1. The van der Waals surface area contributed by atoms with Crippen molar-refractivity contribution in [2.45, 2.75) is 44.6 Å². The van der Waals surface area contributed by atoms with E-state index in [-0.39, 0.29) is 36.8 Å². The second-order valence-electron chi connectivity index (χ2n) is 5.96. The van der Waals surface area contributed by atoms with E-state index in [1.807, 2.05) is 0 Å². The van der Waals surface area contributed by atoms with Gasteiger partial charge in [0.2, 0.25) is 5.91 Å². The van der Waals surface area contributed by atoms with Crippen molar-refractivity contribution in [3.8, 4) is 0 Å². The molecule has 122 valence electrons. The van der Waals surface area contributed by atoms with Crippen molar-refractivity contribution in [2.24, 2.45) is 0 Å². The van der Waals surface area contributed by atoms with Crippen molar-refractivity contribution in [3.63, 3.8) is 0 Å². The highest BCUT2D eigenvalue weighted by molar-refractivity contribution is 6.21. The minimum absolute atomic E-state index is 0.121. The predicted molar refractivity (Wildman–Crippen MR) is 82.5 cm³/mol. The number of imide groups is 1. The van der Waals surface area contributed by atoms with Gasteiger partial charge >= 0.3 is 0 Å². The summed E-state index contributed by atoms with van der Waals surface area (Å²) in [6.07, 6.45) is 5.01. The van der Waals surface area contributed by atoms with Crippen LogP contribution in [0.4, 0.5) is 0 Å². The van der Waals surface area contributed by atoms with E-state index in [2.05, 4.69) is 5.48 Å². The van der Waals surface area contributed by atoms with Crippen molar-refractivity contribution in [1.29, 1.82) is 0 Å². The molecule has 0 unspecified atom stereocenters. The van der Waals surface area contributed by atoms with Gasteiger partial charge < -0.3 is 0 Å². The third-order valence-electron chi connectivity index (χ3n) is 4.31. The Hall–Kier alpha value is -2.21. The standard InChI is InChI=1S/C17H20N2O4/c20-15(18-23-12-6-1-2-7-12)10-5-11-19-16(21)13-8-3-4-9-14(13)17(19)22/h3-4,8-9,12H,1-2,5-7,10-11H2,(H,18,20). The normalized spacial score (nSPS) is 17.7. The number of hydrogen-bond acceptors (Lipinski definition) is 4. The van der Waals surface area contributed by atoms with Crippen molar-refractivity contribution in [2.75, 3.05) is 6.54 Å². The maximum atomic E-state index is 12.2. The highest BCUT2D eigenvalue weighted by Crippen LogP contribution is 2.23. The van der Waals surface area contributed by atoms with Crippen LogP contribution < -0.4 is 5.48 Å². The molecule has 1 aliphatic carbocycles. The van der Waals surface area contributed by atoms with Crippen molar-refractivity contribution in [3.05, 3.63) is 35.4 Å². The summed E-state index contributed by atoms with van der Waals surface area (Å²) in [5.41, 5.74) is 3.34. The maximum absolute atomic E-state index is 12.2. The number of carbonyl (C=O) groups is 3. The van der Waals surface area contributed by atoms with E-state index in [1.165, 1.54) is 4.90 Å². The fourth-order valence-corrected chi connectivity index (χ4v) is 3.05. The Morgan fingerprint density at radius 3 is 2.35 bits per heavy atom. The zero-order valence-electron chi connectivity index (χ0n) is 12.9. The summed E-state index contributed by atoms with van der Waals surface area (Å²) in [5, 5.41) is 0. The van der Waals surface area contributed by atoms with Crippen molar-refractivity contribution < 1.29 is 19.2 Å². The SMILES string of the molecule is O=C(CCCN1C(=O)c2ccccc2C1=O)NOC1CCCC1. The van der Waals surface area contributed by atoms with E-state index in [4.69, 9.17) is 4.84 Å². The molecule has 2 aliphatic rings. The van der Waals surface area contributed by atoms with E-state index in [0.717, 1.165) is 25.7 Å². The molecular weight excluding hydrogens is 296 g/mol. The Bertz CT molecular complexity index is 588. The number of rotatable bonds is 6. The Labute approximate surface area is 134 Å². The molecule has 6 nitrogen and oxygen atoms in total. The summed E-state index contributed by atoms with van der Waals surface area (Å²) in [6.45, 7) is 0.239. The van der Waals surface area contributed by atoms with Gasteiger partial charge in [-0.15, -0.1) is 0 Å². The largest absolute Gasteiger partial charge is 0.274 e. The van der Waals surface area contributed by atoms with E-state index in [0.29, 0.717) is 17.5 Å². The Kier molecular flexibility index (Phi) is 4.71. The van der Waals surface area contributed by atoms with Crippen LogP contribution in [0, 0.1) is 0 Å². The summed E-state index contributed by atoms with van der Waals surface area (Å²) in [6, 6.07) is 6.78. The first-order valence-corrected chi connectivity index (χ1v) is 8.06. The number of fused-ring (bicyclic) bond motifs is 1. The third-order valence-corrected chi connectivity index (χ3v) is 4.31. The van der Waals surface area contributed by atoms with E-state index in [9.17, 15) is 14.4 Å². The van der Waals surface area contributed by atoms with Crippen LogP contribution in [0.25, 0.3) is 0 Å². The number of benzene rings is 1. The van der Waals surface area contributed by atoms with Gasteiger partial charge in [-0.2, -0.15) is 0 Å². The van der Waals surface area contributed by atoms with Gasteiger partial charge in [0.05, 0.1) is 17.2 Å². The van der Waals surface area contributed by atoms with Crippen molar-refractivity contribution in [1.82, 2.24) is 10.4 Å². The summed E-state index contributed by atoms with van der Waals surface area (Å²) < 4.78 is 0. The lowest BCUT2D eigenvalue weighted by Gasteiger charge is -2.14. The topological polar surface area (TPSA) is 75.7 Å². The molecule has 0 bridgehead atoms. The van der Waals surface area contributed by atoms with Gasteiger partial charge in [0, 0.05) is 13.0 Å². The fraction of sp³-hybridized carbons (Fsp3) is 0.471. The highest BCUT2D eigenvalue weighted by Gasteiger charge is 2.34. The summed E-state index contributed by atoms with van der Waals surface area (Å²) in [5.74, 6) is -0.782. The molecule has 1 fully saturated rings. The second kappa shape index (κ2) is 6.91. The zero-order valence-corrected chi connectivity index (χ0v) is 12.9. The van der Waals surface area contributed by atoms with E-state index >= 15 is 0 Å². The molecule has 0 radical (unpaired) electrons. The third kappa shape index (κ3) is 3.42. The summed E-state index contributed by atoms with van der Waals surface area (Å²) in [7, 11) is 0. The molecule has 23 heavy (non-hydrogen) atoms. The van der Waals surface area contributed by atoms with Crippen LogP contribution >= 0.6 is 0 Å². The molecule has 6 heteroatoms. The minimum Gasteiger partial charge on any atom is -0.274 e. The van der Waals surface area contributed by atoms with E-state index in [1.54, 1.807) is 24.3 Å². The molecule has 0 aromatic heterocycles. The van der Waals surface area contributed by atoms with Gasteiger partial charge in [-0.05, 0) is 31.4 Å². The lowest BCUT2D eigenvalue weighted by molar-refractivity contribution is -0.138. The Balaban J connectivity index is 1.43. The lowest BCUT2D eigenvalue weighted by atomic mass is 10.1. The first kappa shape index (κ1) is 15.7. The molecular formula is C17H20N2O4. The Morgan fingerprint density at radius 1 is 1.13 bits per heavy atom. The molecule has 1 aromatic carbocycles. The first-order valence-electron chi connectivity index (χ1n) is 8.06. The van der Waals surface area contributed by atoms with Crippen LogP contribution in [0.15, 0.2) is 24.3 Å². The molecule has 1 aromatic rings. The molecule has 1 aliphatic heterocycles. The van der Waals surface area contributed by atoms with Gasteiger partial charge in [0.25, 0.3) is 11.8 Å². The molecule has 1 saturated carbocycles. The van der Waals surface area contributed by atoms with Crippen LogP contribution in [-0.4, -0.2) is 35.3 Å². The average Bonchev–Trinajstić information content (AvgIpc) is 3.16. The van der Waals surface area contributed by atoms with E-state index < -0.39 is 0 Å². The maximum Gasteiger partial charge on any atom is 0.261 e. The number of amides is 3. The molecule has 1 heterocycles. The quantitative estimate of drug-likeness (QED) is 0.644. The molecule has 3 amide bonds. The Morgan fingerprint density at radius 2 is 1.74 bits per heavy atom. The molecule has 0 atom stereocenters. The second-order valence-corrected chi connectivity index (χ2v) is 5.96. The van der Waals surface area contributed by atoms with Crippen LogP contribution in [0.3, 0.4) is 0 Å². The number of hydroxylamine groups is 1. The monoisotopic (exact) mass is 316 g/mol. The van der Waals surface area contributed by atoms with Gasteiger partial charge in [0.1, 0.15) is 0 Å². The van der Waals surface area contributed by atoms with Gasteiger partial charge in [-0.1, -0.05) is 25.0 Å².